The number of aliphatic hydroxyl groups is 1. The molecular weight excluding hydrogens is 312 g/mol. The van der Waals surface area contributed by atoms with E-state index in [4.69, 9.17) is 4.18 Å². The van der Waals surface area contributed by atoms with Crippen molar-refractivity contribution >= 4 is 10.1 Å². The fourth-order valence-electron chi connectivity index (χ4n) is 4.73. The van der Waals surface area contributed by atoms with Gasteiger partial charge in [-0.25, -0.2) is 0 Å². The molecule has 1 aromatic rings. The molecule has 23 heavy (non-hydrogen) atoms. The summed E-state index contributed by atoms with van der Waals surface area (Å²) in [5.41, 5.74) is 2.08. The van der Waals surface area contributed by atoms with Crippen molar-refractivity contribution in [3.05, 3.63) is 29.3 Å². The van der Waals surface area contributed by atoms with Crippen LogP contribution in [-0.4, -0.2) is 25.4 Å². The van der Waals surface area contributed by atoms with Gasteiger partial charge in [-0.3, -0.25) is 0 Å². The molecule has 0 heterocycles. The minimum Gasteiger partial charge on any atom is -0.390 e. The molecule has 4 nitrogen and oxygen atoms in total. The fraction of sp³-hybridized carbons (Fsp3) is 0.667. The zero-order valence-electron chi connectivity index (χ0n) is 14.1. The van der Waals surface area contributed by atoms with Crippen molar-refractivity contribution in [2.45, 2.75) is 63.4 Å². The second-order valence-electron chi connectivity index (χ2n) is 7.55. The minimum atomic E-state index is -3.50. The van der Waals surface area contributed by atoms with Crippen LogP contribution in [-0.2, 0) is 22.0 Å². The molecule has 1 saturated carbocycles. The van der Waals surface area contributed by atoms with E-state index in [1.807, 2.05) is 19.1 Å². The zero-order valence-corrected chi connectivity index (χ0v) is 14.9. The topological polar surface area (TPSA) is 63.6 Å². The Kier molecular flexibility index (Phi) is 4.00. The highest BCUT2D eigenvalue weighted by Gasteiger charge is 2.49. The SMILES string of the molecule is CCC12CCC(C)(O)CC1CCc1cc(OS(C)(=O)=O)ccc12. The lowest BCUT2D eigenvalue weighted by Gasteiger charge is -2.52. The van der Waals surface area contributed by atoms with Gasteiger partial charge in [-0.05, 0) is 80.0 Å². The van der Waals surface area contributed by atoms with Crippen LogP contribution < -0.4 is 4.18 Å². The van der Waals surface area contributed by atoms with Crippen LogP contribution in [0.4, 0.5) is 0 Å². The number of fused-ring (bicyclic) bond motifs is 3. The van der Waals surface area contributed by atoms with Crippen LogP contribution in [0.25, 0.3) is 0 Å². The van der Waals surface area contributed by atoms with Crippen LogP contribution in [0.15, 0.2) is 18.2 Å². The van der Waals surface area contributed by atoms with Crippen molar-refractivity contribution in [3.8, 4) is 5.75 Å². The Labute approximate surface area is 139 Å². The Morgan fingerprint density at radius 2 is 2.09 bits per heavy atom. The van der Waals surface area contributed by atoms with Crippen molar-refractivity contribution in [1.29, 1.82) is 0 Å². The maximum atomic E-state index is 11.3. The fourth-order valence-corrected chi connectivity index (χ4v) is 5.19. The Bertz CT molecular complexity index is 708. The van der Waals surface area contributed by atoms with E-state index in [9.17, 15) is 13.5 Å². The normalized spacial score (nSPS) is 33.7. The highest BCUT2D eigenvalue weighted by Crippen LogP contribution is 2.54. The molecule has 3 rings (SSSR count). The molecule has 0 spiro atoms. The molecule has 2 aliphatic carbocycles. The van der Waals surface area contributed by atoms with Crippen molar-refractivity contribution < 1.29 is 17.7 Å². The summed E-state index contributed by atoms with van der Waals surface area (Å²) in [6.07, 6.45) is 6.73. The molecule has 0 radical (unpaired) electrons. The second kappa shape index (κ2) is 5.49. The molecule has 1 N–H and O–H groups in total. The van der Waals surface area contributed by atoms with Gasteiger partial charge in [-0.1, -0.05) is 13.0 Å². The number of benzene rings is 1. The Morgan fingerprint density at radius 1 is 1.35 bits per heavy atom. The standard InChI is InChI=1S/C18H26O4S/c1-4-18-10-9-17(2,19)12-14(18)6-5-13-11-15(7-8-16(13)18)22-23(3,20)21/h7-8,11,14,19H,4-6,9-10,12H2,1-3H3. The average molecular weight is 338 g/mol. The molecule has 0 amide bonds. The molecule has 3 atom stereocenters. The Balaban J connectivity index is 1.99. The van der Waals surface area contributed by atoms with Gasteiger partial charge >= 0.3 is 10.1 Å². The van der Waals surface area contributed by atoms with Gasteiger partial charge in [0.15, 0.2) is 0 Å². The van der Waals surface area contributed by atoms with Gasteiger partial charge in [-0.2, -0.15) is 8.42 Å². The number of hydrogen-bond acceptors (Lipinski definition) is 4. The lowest BCUT2D eigenvalue weighted by molar-refractivity contribution is -0.0376. The molecule has 0 saturated heterocycles. The first-order chi connectivity index (χ1) is 10.7. The van der Waals surface area contributed by atoms with Crippen LogP contribution in [0.2, 0.25) is 0 Å². The highest BCUT2D eigenvalue weighted by molar-refractivity contribution is 7.86. The van der Waals surface area contributed by atoms with Gasteiger partial charge in [0.2, 0.25) is 0 Å². The molecule has 2 aliphatic rings. The third-order valence-electron chi connectivity index (χ3n) is 5.83. The summed E-state index contributed by atoms with van der Waals surface area (Å²) in [5.74, 6) is 0.893. The largest absolute Gasteiger partial charge is 0.390 e. The Morgan fingerprint density at radius 3 is 2.74 bits per heavy atom. The first-order valence-corrected chi connectivity index (χ1v) is 10.2. The van der Waals surface area contributed by atoms with E-state index in [0.717, 1.165) is 44.8 Å². The quantitative estimate of drug-likeness (QED) is 0.860. The predicted molar refractivity (Wildman–Crippen MR) is 90.2 cm³/mol. The van der Waals surface area contributed by atoms with Gasteiger partial charge in [0, 0.05) is 0 Å². The molecule has 128 valence electrons. The molecule has 1 aromatic carbocycles. The average Bonchev–Trinajstić information content (AvgIpc) is 2.44. The van der Waals surface area contributed by atoms with E-state index in [-0.39, 0.29) is 5.41 Å². The molecule has 0 bridgehead atoms. The molecular formula is C18H26O4S. The van der Waals surface area contributed by atoms with E-state index in [0.29, 0.717) is 11.7 Å². The van der Waals surface area contributed by atoms with E-state index in [1.54, 1.807) is 6.07 Å². The zero-order chi connectivity index (χ0) is 16.9. The first-order valence-electron chi connectivity index (χ1n) is 8.40. The van der Waals surface area contributed by atoms with Crippen molar-refractivity contribution in [2.24, 2.45) is 5.92 Å². The summed E-state index contributed by atoms with van der Waals surface area (Å²) < 4.78 is 27.7. The van der Waals surface area contributed by atoms with Crippen molar-refractivity contribution in [1.82, 2.24) is 0 Å². The lowest BCUT2D eigenvalue weighted by atomic mass is 9.53. The van der Waals surface area contributed by atoms with Crippen LogP contribution >= 0.6 is 0 Å². The van der Waals surface area contributed by atoms with Gasteiger partial charge < -0.3 is 9.29 Å². The van der Waals surface area contributed by atoms with Gasteiger partial charge in [-0.15, -0.1) is 0 Å². The third-order valence-corrected chi connectivity index (χ3v) is 6.33. The van der Waals surface area contributed by atoms with Crippen LogP contribution in [0, 0.1) is 5.92 Å². The molecule has 5 heteroatoms. The van der Waals surface area contributed by atoms with Gasteiger partial charge in [0.1, 0.15) is 5.75 Å². The number of hydrogen-bond donors (Lipinski definition) is 1. The van der Waals surface area contributed by atoms with E-state index >= 15 is 0 Å². The molecule has 3 unspecified atom stereocenters. The summed E-state index contributed by atoms with van der Waals surface area (Å²) in [6.45, 7) is 4.17. The maximum absolute atomic E-state index is 11.3. The van der Waals surface area contributed by atoms with E-state index in [2.05, 4.69) is 6.92 Å². The molecule has 1 fully saturated rings. The molecule has 0 aromatic heterocycles. The van der Waals surface area contributed by atoms with Crippen LogP contribution in [0.5, 0.6) is 5.75 Å². The van der Waals surface area contributed by atoms with E-state index < -0.39 is 15.7 Å². The summed E-state index contributed by atoms with van der Waals surface area (Å²) in [5, 5.41) is 10.5. The summed E-state index contributed by atoms with van der Waals surface area (Å²) in [4.78, 5) is 0. The number of rotatable bonds is 3. The van der Waals surface area contributed by atoms with Crippen LogP contribution in [0.1, 0.15) is 57.1 Å². The lowest BCUT2D eigenvalue weighted by Crippen LogP contribution is -2.48. The third kappa shape index (κ3) is 3.13. The second-order valence-corrected chi connectivity index (χ2v) is 9.13. The van der Waals surface area contributed by atoms with Crippen molar-refractivity contribution in [3.63, 3.8) is 0 Å². The van der Waals surface area contributed by atoms with Crippen LogP contribution in [0.3, 0.4) is 0 Å². The van der Waals surface area contributed by atoms with Gasteiger partial charge in [0.25, 0.3) is 0 Å². The summed E-state index contributed by atoms with van der Waals surface area (Å²) in [6, 6.07) is 5.70. The molecule has 0 aliphatic heterocycles. The van der Waals surface area contributed by atoms with Crippen molar-refractivity contribution in [2.75, 3.05) is 6.26 Å². The van der Waals surface area contributed by atoms with Gasteiger partial charge in [0.05, 0.1) is 11.9 Å². The summed E-state index contributed by atoms with van der Waals surface area (Å²) >= 11 is 0. The monoisotopic (exact) mass is 338 g/mol. The summed E-state index contributed by atoms with van der Waals surface area (Å²) in [7, 11) is -3.50. The number of aryl methyl sites for hydroxylation is 1. The predicted octanol–water partition coefficient (Wildman–Crippen LogP) is 3.17. The Hall–Kier alpha value is -1.07. The maximum Gasteiger partial charge on any atom is 0.306 e. The van der Waals surface area contributed by atoms with E-state index in [1.165, 1.54) is 11.1 Å². The first kappa shape index (κ1) is 16.8. The smallest absolute Gasteiger partial charge is 0.306 e. The highest BCUT2D eigenvalue weighted by atomic mass is 32.2. The minimum absolute atomic E-state index is 0.111.